The van der Waals surface area contributed by atoms with Crippen LogP contribution in [0.2, 0.25) is 0 Å². The zero-order valence-electron chi connectivity index (χ0n) is 15.2. The number of urea groups is 1. The minimum Gasteiger partial charge on any atom is -0.379 e. The second-order valence-electron chi connectivity index (χ2n) is 6.94. The van der Waals surface area contributed by atoms with E-state index in [-0.39, 0.29) is 17.9 Å². The molecule has 27 heavy (non-hydrogen) atoms. The first-order chi connectivity index (χ1) is 13.2. The molecule has 3 heterocycles. The molecule has 7 heteroatoms. The van der Waals surface area contributed by atoms with Crippen molar-refractivity contribution < 1.29 is 13.9 Å². The van der Waals surface area contributed by atoms with E-state index in [1.165, 1.54) is 22.6 Å². The highest BCUT2D eigenvalue weighted by atomic mass is 32.1. The minimum atomic E-state index is -0.247. The molecule has 0 saturated carbocycles. The second kappa shape index (κ2) is 8.37. The Kier molecular flexibility index (Phi) is 5.71. The number of nitrogens with one attached hydrogen (secondary N) is 1. The van der Waals surface area contributed by atoms with E-state index in [0.29, 0.717) is 26.3 Å². The molecule has 1 aromatic heterocycles. The third-order valence-electron chi connectivity index (χ3n) is 5.28. The lowest BCUT2D eigenvalue weighted by atomic mass is 10.0. The van der Waals surface area contributed by atoms with E-state index in [9.17, 15) is 9.18 Å². The number of carbonyl (C=O) groups is 1. The van der Waals surface area contributed by atoms with Gasteiger partial charge in [-0.05, 0) is 41.1 Å². The molecular weight excluding hydrogens is 365 g/mol. The summed E-state index contributed by atoms with van der Waals surface area (Å²) in [5, 5.41) is 5.19. The van der Waals surface area contributed by atoms with E-state index in [1.54, 1.807) is 23.5 Å². The first-order valence-corrected chi connectivity index (χ1v) is 10.2. The number of halogens is 1. The van der Waals surface area contributed by atoms with Crippen LogP contribution in [0.1, 0.15) is 22.0 Å². The van der Waals surface area contributed by atoms with Crippen molar-refractivity contribution in [3.05, 3.63) is 57.5 Å². The smallest absolute Gasteiger partial charge is 0.317 e. The Morgan fingerprint density at radius 1 is 1.19 bits per heavy atom. The van der Waals surface area contributed by atoms with E-state index >= 15 is 0 Å². The number of ether oxygens (including phenoxy) is 1. The molecule has 1 atom stereocenters. The van der Waals surface area contributed by atoms with E-state index in [4.69, 9.17) is 4.74 Å². The Morgan fingerprint density at radius 2 is 1.96 bits per heavy atom. The highest BCUT2D eigenvalue weighted by Crippen LogP contribution is 2.25. The molecule has 1 unspecified atom stereocenters. The topological polar surface area (TPSA) is 44.8 Å². The molecule has 0 spiro atoms. The van der Waals surface area contributed by atoms with Gasteiger partial charge in [-0.2, -0.15) is 0 Å². The van der Waals surface area contributed by atoms with Gasteiger partial charge >= 0.3 is 6.03 Å². The molecule has 4 rings (SSSR count). The summed E-state index contributed by atoms with van der Waals surface area (Å²) in [5.41, 5.74) is 2.27. The summed E-state index contributed by atoms with van der Waals surface area (Å²) < 4.78 is 18.8. The number of hydrogen-bond donors (Lipinski definition) is 1. The summed E-state index contributed by atoms with van der Waals surface area (Å²) in [7, 11) is 0. The third kappa shape index (κ3) is 4.31. The molecule has 0 radical (unpaired) electrons. The largest absolute Gasteiger partial charge is 0.379 e. The average molecular weight is 389 g/mol. The van der Waals surface area contributed by atoms with Crippen LogP contribution in [-0.2, 0) is 17.7 Å². The van der Waals surface area contributed by atoms with Crippen molar-refractivity contribution in [2.45, 2.75) is 19.0 Å². The van der Waals surface area contributed by atoms with Crippen molar-refractivity contribution in [1.29, 1.82) is 0 Å². The highest BCUT2D eigenvalue weighted by molar-refractivity contribution is 7.10. The number of carbonyl (C=O) groups excluding carboxylic acids is 1. The van der Waals surface area contributed by atoms with Crippen molar-refractivity contribution in [3.63, 3.8) is 0 Å². The van der Waals surface area contributed by atoms with Gasteiger partial charge in [-0.3, -0.25) is 4.90 Å². The fourth-order valence-corrected chi connectivity index (χ4v) is 4.64. The quantitative estimate of drug-likeness (QED) is 0.874. The van der Waals surface area contributed by atoms with Crippen molar-refractivity contribution in [2.75, 3.05) is 39.4 Å². The molecule has 0 bridgehead atoms. The molecule has 2 amide bonds. The summed E-state index contributed by atoms with van der Waals surface area (Å²) in [5.74, 6) is -0.247. The van der Waals surface area contributed by atoms with Gasteiger partial charge in [-0.15, -0.1) is 11.3 Å². The standard InChI is InChI=1S/C20H24FN3O2S/c21-17-3-1-15(2-4-17)18(23-8-10-26-11-9-23)13-22-20(25)24-7-5-19-16(14-24)6-12-27-19/h1-4,6,12,18H,5,7-11,13-14H2,(H,22,25). The van der Waals surface area contributed by atoms with Crippen LogP contribution in [0.4, 0.5) is 9.18 Å². The van der Waals surface area contributed by atoms with Crippen LogP contribution in [-0.4, -0.2) is 55.2 Å². The summed E-state index contributed by atoms with van der Waals surface area (Å²) in [6.45, 7) is 4.89. The fourth-order valence-electron chi connectivity index (χ4n) is 3.75. The zero-order valence-corrected chi connectivity index (χ0v) is 16.0. The van der Waals surface area contributed by atoms with Crippen LogP contribution in [0, 0.1) is 5.82 Å². The van der Waals surface area contributed by atoms with Gasteiger partial charge in [0.2, 0.25) is 0 Å². The van der Waals surface area contributed by atoms with Gasteiger partial charge < -0.3 is 15.0 Å². The molecule has 1 N–H and O–H groups in total. The number of thiophene rings is 1. The Balaban J connectivity index is 1.42. The van der Waals surface area contributed by atoms with Gasteiger partial charge in [0.05, 0.1) is 19.3 Å². The fraction of sp³-hybridized carbons (Fsp3) is 0.450. The maximum absolute atomic E-state index is 13.3. The van der Waals surface area contributed by atoms with Crippen molar-refractivity contribution in [1.82, 2.24) is 15.1 Å². The second-order valence-corrected chi connectivity index (χ2v) is 7.94. The number of morpholine rings is 1. The van der Waals surface area contributed by atoms with Gasteiger partial charge in [-0.25, -0.2) is 9.18 Å². The molecule has 144 valence electrons. The van der Waals surface area contributed by atoms with Crippen LogP contribution >= 0.6 is 11.3 Å². The highest BCUT2D eigenvalue weighted by Gasteiger charge is 2.26. The maximum Gasteiger partial charge on any atom is 0.317 e. The van der Waals surface area contributed by atoms with Gasteiger partial charge in [0.1, 0.15) is 5.82 Å². The van der Waals surface area contributed by atoms with E-state index in [0.717, 1.165) is 31.6 Å². The third-order valence-corrected chi connectivity index (χ3v) is 6.31. The first-order valence-electron chi connectivity index (χ1n) is 9.36. The number of amides is 2. The molecular formula is C20H24FN3O2S. The lowest BCUT2D eigenvalue weighted by molar-refractivity contribution is 0.0164. The molecule has 1 saturated heterocycles. The summed E-state index contributed by atoms with van der Waals surface area (Å²) in [6, 6.07) is 8.65. The normalized spacial score (nSPS) is 18.8. The molecule has 2 aliphatic rings. The minimum absolute atomic E-state index is 0.0138. The maximum atomic E-state index is 13.3. The predicted octanol–water partition coefficient (Wildman–Crippen LogP) is 3.03. The monoisotopic (exact) mass is 389 g/mol. The van der Waals surface area contributed by atoms with E-state index < -0.39 is 0 Å². The van der Waals surface area contributed by atoms with Gasteiger partial charge in [0.15, 0.2) is 0 Å². The van der Waals surface area contributed by atoms with Gasteiger partial charge in [-0.1, -0.05) is 12.1 Å². The van der Waals surface area contributed by atoms with Crippen molar-refractivity contribution >= 4 is 17.4 Å². The number of rotatable bonds is 4. The summed E-state index contributed by atoms with van der Waals surface area (Å²) >= 11 is 1.77. The molecule has 1 fully saturated rings. The van der Waals surface area contributed by atoms with Crippen LogP contribution in [0.3, 0.4) is 0 Å². The van der Waals surface area contributed by atoms with E-state index in [1.807, 2.05) is 4.90 Å². The number of benzene rings is 1. The first kappa shape index (κ1) is 18.4. The van der Waals surface area contributed by atoms with Crippen LogP contribution in [0.5, 0.6) is 0 Å². The van der Waals surface area contributed by atoms with Crippen molar-refractivity contribution in [2.24, 2.45) is 0 Å². The Bertz CT molecular complexity index is 774. The number of fused-ring (bicyclic) bond motifs is 1. The summed E-state index contributed by atoms with van der Waals surface area (Å²) in [6.07, 6.45) is 0.922. The molecule has 1 aromatic carbocycles. The van der Waals surface area contributed by atoms with Gasteiger partial charge in [0.25, 0.3) is 0 Å². The van der Waals surface area contributed by atoms with Crippen LogP contribution < -0.4 is 5.32 Å². The Hall–Kier alpha value is -1.96. The number of nitrogens with zero attached hydrogens (tertiary/aromatic N) is 2. The molecule has 0 aliphatic carbocycles. The summed E-state index contributed by atoms with van der Waals surface area (Å²) in [4.78, 5) is 18.3. The molecule has 2 aliphatic heterocycles. The molecule has 5 nitrogen and oxygen atoms in total. The van der Waals surface area contributed by atoms with Crippen molar-refractivity contribution in [3.8, 4) is 0 Å². The Labute approximate surface area is 162 Å². The predicted molar refractivity (Wildman–Crippen MR) is 103 cm³/mol. The van der Waals surface area contributed by atoms with Crippen LogP contribution in [0.25, 0.3) is 0 Å². The average Bonchev–Trinajstić information content (AvgIpc) is 3.18. The lowest BCUT2D eigenvalue weighted by Crippen LogP contribution is -2.47. The molecule has 2 aromatic rings. The van der Waals surface area contributed by atoms with E-state index in [2.05, 4.69) is 21.7 Å². The zero-order chi connectivity index (χ0) is 18.6. The van der Waals surface area contributed by atoms with Crippen LogP contribution in [0.15, 0.2) is 35.7 Å². The lowest BCUT2D eigenvalue weighted by Gasteiger charge is -2.35. The van der Waals surface area contributed by atoms with Gasteiger partial charge in [0, 0.05) is 37.6 Å². The number of hydrogen-bond acceptors (Lipinski definition) is 4. The SMILES string of the molecule is O=C(NCC(c1ccc(F)cc1)N1CCOCC1)N1CCc2sccc2C1. The Morgan fingerprint density at radius 3 is 2.74 bits per heavy atom.